The standard InChI is InChI=1S/C13H20N2O2/c1-3-15(13(16)10-17-4-2)12-7-5-11(9-14)6-8-12/h5-8H,3-4,9-10,14H2,1-2H3. The van der Waals surface area contributed by atoms with E-state index in [9.17, 15) is 4.79 Å². The summed E-state index contributed by atoms with van der Waals surface area (Å²) in [6.07, 6.45) is 0. The van der Waals surface area contributed by atoms with Crippen LogP contribution in [0, 0.1) is 0 Å². The Balaban J connectivity index is 2.74. The number of hydrogen-bond donors (Lipinski definition) is 1. The summed E-state index contributed by atoms with van der Waals surface area (Å²) in [5, 5.41) is 0. The number of nitrogens with two attached hydrogens (primary N) is 1. The number of benzene rings is 1. The molecular formula is C13H20N2O2. The first-order chi connectivity index (χ1) is 8.22. The quantitative estimate of drug-likeness (QED) is 0.815. The molecule has 2 N–H and O–H groups in total. The number of ether oxygens (including phenoxy) is 1. The van der Waals surface area contributed by atoms with E-state index in [4.69, 9.17) is 10.5 Å². The van der Waals surface area contributed by atoms with Gasteiger partial charge in [0.15, 0.2) is 0 Å². The van der Waals surface area contributed by atoms with Gasteiger partial charge in [0.25, 0.3) is 5.91 Å². The number of carbonyl (C=O) groups excluding carboxylic acids is 1. The smallest absolute Gasteiger partial charge is 0.252 e. The maximum atomic E-state index is 11.9. The second-order valence-corrected chi connectivity index (χ2v) is 3.65. The fourth-order valence-corrected chi connectivity index (χ4v) is 1.58. The van der Waals surface area contributed by atoms with Crippen LogP contribution in [0.3, 0.4) is 0 Å². The molecule has 0 fully saturated rings. The lowest BCUT2D eigenvalue weighted by Gasteiger charge is -2.21. The van der Waals surface area contributed by atoms with Gasteiger partial charge in [0.1, 0.15) is 6.61 Å². The average molecular weight is 236 g/mol. The van der Waals surface area contributed by atoms with E-state index in [-0.39, 0.29) is 12.5 Å². The first-order valence-corrected chi connectivity index (χ1v) is 5.90. The topological polar surface area (TPSA) is 55.6 Å². The minimum atomic E-state index is -0.0187. The van der Waals surface area contributed by atoms with Crippen molar-refractivity contribution in [3.05, 3.63) is 29.8 Å². The highest BCUT2D eigenvalue weighted by Gasteiger charge is 2.13. The lowest BCUT2D eigenvalue weighted by molar-refractivity contribution is -0.122. The fourth-order valence-electron chi connectivity index (χ4n) is 1.58. The molecule has 0 unspecified atom stereocenters. The number of amides is 1. The van der Waals surface area contributed by atoms with Crippen molar-refractivity contribution >= 4 is 11.6 Å². The van der Waals surface area contributed by atoms with Crippen molar-refractivity contribution < 1.29 is 9.53 Å². The zero-order valence-electron chi connectivity index (χ0n) is 10.5. The van der Waals surface area contributed by atoms with E-state index in [0.29, 0.717) is 19.7 Å². The van der Waals surface area contributed by atoms with Crippen LogP contribution in [0.25, 0.3) is 0 Å². The van der Waals surface area contributed by atoms with Crippen LogP contribution in [0.5, 0.6) is 0 Å². The first kappa shape index (κ1) is 13.7. The summed E-state index contributed by atoms with van der Waals surface area (Å²) in [5.41, 5.74) is 7.47. The predicted octanol–water partition coefficient (Wildman–Crippen LogP) is 1.53. The lowest BCUT2D eigenvalue weighted by Crippen LogP contribution is -2.33. The van der Waals surface area contributed by atoms with Crippen molar-refractivity contribution in [2.24, 2.45) is 5.73 Å². The molecule has 1 amide bonds. The van der Waals surface area contributed by atoms with Crippen LogP contribution < -0.4 is 10.6 Å². The zero-order valence-corrected chi connectivity index (χ0v) is 10.5. The van der Waals surface area contributed by atoms with Crippen LogP contribution in [-0.4, -0.2) is 25.7 Å². The molecule has 1 rings (SSSR count). The molecule has 17 heavy (non-hydrogen) atoms. The molecule has 1 aromatic rings. The maximum absolute atomic E-state index is 11.9. The monoisotopic (exact) mass is 236 g/mol. The van der Waals surface area contributed by atoms with Gasteiger partial charge in [-0.15, -0.1) is 0 Å². The molecule has 0 bridgehead atoms. The predicted molar refractivity (Wildman–Crippen MR) is 68.9 cm³/mol. The average Bonchev–Trinajstić information content (AvgIpc) is 2.38. The number of likely N-dealkylation sites (N-methyl/N-ethyl adjacent to an activating group) is 1. The van der Waals surface area contributed by atoms with E-state index in [1.807, 2.05) is 38.1 Å². The van der Waals surface area contributed by atoms with E-state index in [0.717, 1.165) is 11.3 Å². The van der Waals surface area contributed by atoms with Gasteiger partial charge < -0.3 is 15.4 Å². The maximum Gasteiger partial charge on any atom is 0.252 e. The highest BCUT2D eigenvalue weighted by Crippen LogP contribution is 2.15. The number of nitrogens with zero attached hydrogens (tertiary/aromatic N) is 1. The van der Waals surface area contributed by atoms with Crippen molar-refractivity contribution in [1.29, 1.82) is 0 Å². The van der Waals surface area contributed by atoms with Gasteiger partial charge in [-0.3, -0.25) is 4.79 Å². The first-order valence-electron chi connectivity index (χ1n) is 5.90. The number of rotatable bonds is 6. The van der Waals surface area contributed by atoms with Gasteiger partial charge in [0.05, 0.1) is 0 Å². The minimum Gasteiger partial charge on any atom is -0.372 e. The van der Waals surface area contributed by atoms with E-state index >= 15 is 0 Å². The van der Waals surface area contributed by atoms with E-state index < -0.39 is 0 Å². The third kappa shape index (κ3) is 3.84. The molecule has 1 aromatic carbocycles. The number of anilines is 1. The van der Waals surface area contributed by atoms with Gasteiger partial charge in [0, 0.05) is 25.4 Å². The molecule has 0 saturated heterocycles. The Bertz CT molecular complexity index is 349. The fraction of sp³-hybridized carbons (Fsp3) is 0.462. The molecule has 0 aromatic heterocycles. The molecule has 94 valence electrons. The van der Waals surface area contributed by atoms with E-state index in [1.54, 1.807) is 4.90 Å². The largest absolute Gasteiger partial charge is 0.372 e. The third-order valence-corrected chi connectivity index (χ3v) is 2.53. The summed E-state index contributed by atoms with van der Waals surface area (Å²) in [4.78, 5) is 13.6. The Kier molecular flexibility index (Phi) is 5.66. The number of carbonyl (C=O) groups is 1. The van der Waals surface area contributed by atoms with Crippen LogP contribution in [0.15, 0.2) is 24.3 Å². The molecule has 0 atom stereocenters. The molecule has 0 heterocycles. The Morgan fingerprint density at radius 3 is 2.41 bits per heavy atom. The molecule has 4 nitrogen and oxygen atoms in total. The molecule has 0 spiro atoms. The highest BCUT2D eigenvalue weighted by atomic mass is 16.5. The van der Waals surface area contributed by atoms with Crippen molar-refractivity contribution in [1.82, 2.24) is 0 Å². The molecule has 0 aliphatic rings. The van der Waals surface area contributed by atoms with Crippen molar-refractivity contribution in [2.45, 2.75) is 20.4 Å². The Hall–Kier alpha value is -1.39. The van der Waals surface area contributed by atoms with Crippen LogP contribution in [0.4, 0.5) is 5.69 Å². The Morgan fingerprint density at radius 1 is 1.29 bits per heavy atom. The third-order valence-electron chi connectivity index (χ3n) is 2.53. The molecule has 0 aliphatic carbocycles. The van der Waals surface area contributed by atoms with Crippen molar-refractivity contribution in [2.75, 3.05) is 24.7 Å². The van der Waals surface area contributed by atoms with Crippen LogP contribution in [0.1, 0.15) is 19.4 Å². The van der Waals surface area contributed by atoms with E-state index in [2.05, 4.69) is 0 Å². The molecule has 0 aliphatic heterocycles. The number of hydrogen-bond acceptors (Lipinski definition) is 3. The SMILES string of the molecule is CCOCC(=O)N(CC)c1ccc(CN)cc1. The molecule has 0 radical (unpaired) electrons. The normalized spacial score (nSPS) is 10.3. The van der Waals surface area contributed by atoms with E-state index in [1.165, 1.54) is 0 Å². The lowest BCUT2D eigenvalue weighted by atomic mass is 10.2. The second-order valence-electron chi connectivity index (χ2n) is 3.65. The molecule has 4 heteroatoms. The Labute approximate surface area is 102 Å². The molecule has 0 saturated carbocycles. The second kappa shape index (κ2) is 7.04. The van der Waals surface area contributed by atoms with Gasteiger partial charge in [-0.1, -0.05) is 12.1 Å². The summed E-state index contributed by atoms with van der Waals surface area (Å²) in [6, 6.07) is 7.70. The highest BCUT2D eigenvalue weighted by molar-refractivity contribution is 5.94. The van der Waals surface area contributed by atoms with Gasteiger partial charge in [0.2, 0.25) is 0 Å². The van der Waals surface area contributed by atoms with Crippen molar-refractivity contribution in [3.8, 4) is 0 Å². The van der Waals surface area contributed by atoms with Gasteiger partial charge in [-0.05, 0) is 31.5 Å². The summed E-state index contributed by atoms with van der Waals surface area (Å²) in [7, 11) is 0. The summed E-state index contributed by atoms with van der Waals surface area (Å²) in [6.45, 7) is 5.64. The summed E-state index contributed by atoms with van der Waals surface area (Å²) < 4.78 is 5.13. The summed E-state index contributed by atoms with van der Waals surface area (Å²) in [5.74, 6) is -0.0187. The minimum absolute atomic E-state index is 0.0187. The van der Waals surface area contributed by atoms with Gasteiger partial charge >= 0.3 is 0 Å². The Morgan fingerprint density at radius 2 is 1.94 bits per heavy atom. The van der Waals surface area contributed by atoms with Crippen LogP contribution >= 0.6 is 0 Å². The van der Waals surface area contributed by atoms with Crippen molar-refractivity contribution in [3.63, 3.8) is 0 Å². The van der Waals surface area contributed by atoms with Gasteiger partial charge in [-0.2, -0.15) is 0 Å². The van der Waals surface area contributed by atoms with Gasteiger partial charge in [-0.25, -0.2) is 0 Å². The van der Waals surface area contributed by atoms with Crippen LogP contribution in [0.2, 0.25) is 0 Å². The molecular weight excluding hydrogens is 216 g/mol. The summed E-state index contributed by atoms with van der Waals surface area (Å²) >= 11 is 0. The zero-order chi connectivity index (χ0) is 12.7. The van der Waals surface area contributed by atoms with Crippen LogP contribution in [-0.2, 0) is 16.1 Å².